The third-order valence-electron chi connectivity index (χ3n) is 3.21. The minimum Gasteiger partial charge on any atom is -0.481 e. The van der Waals surface area contributed by atoms with E-state index in [-0.39, 0.29) is 12.2 Å². The van der Waals surface area contributed by atoms with Gasteiger partial charge in [0.1, 0.15) is 0 Å². The Morgan fingerprint density at radius 1 is 1.32 bits per heavy atom. The SMILES string of the molecule is Cn1c(=O)oc2ccc(CCCCCC(=O)O)cc21. The molecule has 19 heavy (non-hydrogen) atoms. The molecule has 0 saturated heterocycles. The Kier molecular flexibility index (Phi) is 4.04. The molecule has 0 atom stereocenters. The molecule has 1 N–H and O–H groups in total. The number of hydrogen-bond donors (Lipinski definition) is 1. The molecule has 2 rings (SSSR count). The van der Waals surface area contributed by atoms with Crippen LogP contribution in [0.2, 0.25) is 0 Å². The molecule has 0 aliphatic carbocycles. The van der Waals surface area contributed by atoms with Crippen LogP contribution in [0, 0.1) is 0 Å². The highest BCUT2D eigenvalue weighted by Gasteiger charge is 2.06. The lowest BCUT2D eigenvalue weighted by molar-refractivity contribution is -0.137. The van der Waals surface area contributed by atoms with Crippen molar-refractivity contribution < 1.29 is 14.3 Å². The normalized spacial score (nSPS) is 11.0. The lowest BCUT2D eigenvalue weighted by Crippen LogP contribution is -2.08. The predicted octanol–water partition coefficient (Wildman–Crippen LogP) is 2.32. The molecule has 0 bridgehead atoms. The largest absolute Gasteiger partial charge is 0.481 e. The van der Waals surface area contributed by atoms with Gasteiger partial charge in [-0.2, -0.15) is 0 Å². The van der Waals surface area contributed by atoms with Crippen LogP contribution in [0.25, 0.3) is 11.1 Å². The minimum atomic E-state index is -0.741. The topological polar surface area (TPSA) is 72.4 Å². The van der Waals surface area contributed by atoms with Gasteiger partial charge in [0.2, 0.25) is 0 Å². The van der Waals surface area contributed by atoms with Crippen molar-refractivity contribution in [3.63, 3.8) is 0 Å². The summed E-state index contributed by atoms with van der Waals surface area (Å²) >= 11 is 0. The summed E-state index contributed by atoms with van der Waals surface area (Å²) in [6.45, 7) is 0. The number of fused-ring (bicyclic) bond motifs is 1. The maximum atomic E-state index is 11.4. The van der Waals surface area contributed by atoms with Crippen LogP contribution in [0.3, 0.4) is 0 Å². The van der Waals surface area contributed by atoms with Crippen LogP contribution in [-0.4, -0.2) is 15.6 Å². The highest BCUT2D eigenvalue weighted by molar-refractivity contribution is 5.73. The molecule has 0 unspecified atom stereocenters. The van der Waals surface area contributed by atoms with Gasteiger partial charge in [-0.1, -0.05) is 12.5 Å². The van der Waals surface area contributed by atoms with E-state index >= 15 is 0 Å². The maximum Gasteiger partial charge on any atom is 0.419 e. The minimum absolute atomic E-state index is 0.231. The molecule has 0 spiro atoms. The molecule has 5 nitrogen and oxygen atoms in total. The van der Waals surface area contributed by atoms with Crippen molar-refractivity contribution in [1.82, 2.24) is 4.57 Å². The molecule has 1 aromatic carbocycles. The Bertz CT molecular complexity index is 638. The fourth-order valence-electron chi connectivity index (χ4n) is 2.11. The van der Waals surface area contributed by atoms with E-state index in [2.05, 4.69) is 0 Å². The number of carbonyl (C=O) groups is 1. The van der Waals surface area contributed by atoms with Gasteiger partial charge < -0.3 is 9.52 Å². The van der Waals surface area contributed by atoms with E-state index in [9.17, 15) is 9.59 Å². The fourth-order valence-corrected chi connectivity index (χ4v) is 2.11. The third-order valence-corrected chi connectivity index (χ3v) is 3.21. The van der Waals surface area contributed by atoms with E-state index in [4.69, 9.17) is 9.52 Å². The van der Waals surface area contributed by atoms with Crippen LogP contribution in [0.4, 0.5) is 0 Å². The lowest BCUT2D eigenvalue weighted by Gasteiger charge is -2.01. The summed E-state index contributed by atoms with van der Waals surface area (Å²) in [5.41, 5.74) is 2.54. The van der Waals surface area contributed by atoms with Crippen molar-refractivity contribution in [3.05, 3.63) is 34.3 Å². The van der Waals surface area contributed by atoms with Gasteiger partial charge in [-0.25, -0.2) is 4.79 Å². The van der Waals surface area contributed by atoms with Crippen LogP contribution in [0.15, 0.2) is 27.4 Å². The highest BCUT2D eigenvalue weighted by atomic mass is 16.4. The number of carboxylic acids is 1. The van der Waals surface area contributed by atoms with Gasteiger partial charge in [-0.05, 0) is 37.0 Å². The Hall–Kier alpha value is -2.04. The first-order valence-corrected chi connectivity index (χ1v) is 6.38. The second-order valence-electron chi connectivity index (χ2n) is 4.68. The second kappa shape index (κ2) is 5.73. The predicted molar refractivity (Wildman–Crippen MR) is 71.3 cm³/mol. The summed E-state index contributed by atoms with van der Waals surface area (Å²) in [4.78, 5) is 21.7. The van der Waals surface area contributed by atoms with Gasteiger partial charge in [0.15, 0.2) is 5.58 Å². The number of oxazole rings is 1. The quantitative estimate of drug-likeness (QED) is 0.812. The van der Waals surface area contributed by atoms with E-state index in [0.29, 0.717) is 12.0 Å². The molecule has 2 aromatic rings. The molecule has 0 amide bonds. The van der Waals surface area contributed by atoms with Crippen LogP contribution in [0.1, 0.15) is 31.2 Å². The van der Waals surface area contributed by atoms with Gasteiger partial charge in [0.05, 0.1) is 5.52 Å². The number of hydrogen-bond acceptors (Lipinski definition) is 3. The maximum absolute atomic E-state index is 11.4. The van der Waals surface area contributed by atoms with Crippen molar-refractivity contribution in [1.29, 1.82) is 0 Å². The Morgan fingerprint density at radius 2 is 2.11 bits per heavy atom. The van der Waals surface area contributed by atoms with Crippen LogP contribution >= 0.6 is 0 Å². The van der Waals surface area contributed by atoms with Crippen molar-refractivity contribution >= 4 is 17.1 Å². The molecule has 1 aromatic heterocycles. The first-order valence-electron chi connectivity index (χ1n) is 6.38. The zero-order valence-electron chi connectivity index (χ0n) is 10.9. The Balaban J connectivity index is 1.96. The molecule has 0 saturated carbocycles. The van der Waals surface area contributed by atoms with Crippen LogP contribution in [-0.2, 0) is 18.3 Å². The summed E-state index contributed by atoms with van der Waals surface area (Å²) in [7, 11) is 1.69. The van der Waals surface area contributed by atoms with E-state index in [1.165, 1.54) is 4.57 Å². The van der Waals surface area contributed by atoms with Crippen LogP contribution in [0.5, 0.6) is 0 Å². The molecule has 0 fully saturated rings. The van der Waals surface area contributed by atoms with E-state index in [1.807, 2.05) is 18.2 Å². The second-order valence-corrected chi connectivity index (χ2v) is 4.68. The number of benzene rings is 1. The van der Waals surface area contributed by atoms with Gasteiger partial charge >= 0.3 is 11.7 Å². The monoisotopic (exact) mass is 263 g/mol. The number of carboxylic acid groups (broad SMARTS) is 1. The summed E-state index contributed by atoms with van der Waals surface area (Å²) < 4.78 is 6.55. The number of unbranched alkanes of at least 4 members (excludes halogenated alkanes) is 2. The molecule has 1 heterocycles. The molecule has 0 aliphatic heterocycles. The Labute approximate surface area is 110 Å². The van der Waals surface area contributed by atoms with Gasteiger partial charge in [-0.3, -0.25) is 9.36 Å². The van der Waals surface area contributed by atoms with Crippen molar-refractivity contribution in [3.8, 4) is 0 Å². The van der Waals surface area contributed by atoms with Crippen molar-refractivity contribution in [2.24, 2.45) is 7.05 Å². The average molecular weight is 263 g/mol. The molecule has 0 radical (unpaired) electrons. The summed E-state index contributed by atoms with van der Waals surface area (Å²) in [5.74, 6) is -1.09. The first kappa shape index (κ1) is 13.4. The first-order chi connectivity index (χ1) is 9.08. The van der Waals surface area contributed by atoms with Crippen molar-refractivity contribution in [2.75, 3.05) is 0 Å². The van der Waals surface area contributed by atoms with Crippen LogP contribution < -0.4 is 5.76 Å². The molecular formula is C14H17NO4. The van der Waals surface area contributed by atoms with Gasteiger partial charge in [0.25, 0.3) is 0 Å². The number of aromatic nitrogens is 1. The standard InChI is InChI=1S/C14H17NO4/c1-15-11-9-10(5-3-2-4-6-13(16)17)7-8-12(11)19-14(15)18/h7-9H,2-6H2,1H3,(H,16,17). The van der Waals surface area contributed by atoms with E-state index in [0.717, 1.165) is 30.3 Å². The lowest BCUT2D eigenvalue weighted by atomic mass is 10.1. The van der Waals surface area contributed by atoms with Gasteiger partial charge in [0, 0.05) is 13.5 Å². The number of aryl methyl sites for hydroxylation is 2. The zero-order valence-corrected chi connectivity index (χ0v) is 10.9. The van der Waals surface area contributed by atoms with Gasteiger partial charge in [-0.15, -0.1) is 0 Å². The zero-order chi connectivity index (χ0) is 13.8. The molecular weight excluding hydrogens is 246 g/mol. The highest BCUT2D eigenvalue weighted by Crippen LogP contribution is 2.16. The number of rotatable bonds is 6. The number of aliphatic carboxylic acids is 1. The van der Waals surface area contributed by atoms with E-state index < -0.39 is 5.97 Å². The third kappa shape index (κ3) is 3.24. The molecule has 0 aliphatic rings. The average Bonchev–Trinajstić information content (AvgIpc) is 2.65. The summed E-state index contributed by atoms with van der Waals surface area (Å²) in [6, 6.07) is 5.71. The van der Waals surface area contributed by atoms with E-state index in [1.54, 1.807) is 7.05 Å². The van der Waals surface area contributed by atoms with Crippen molar-refractivity contribution in [2.45, 2.75) is 32.1 Å². The summed E-state index contributed by atoms with van der Waals surface area (Å²) in [5, 5.41) is 8.54. The Morgan fingerprint density at radius 3 is 2.84 bits per heavy atom. The number of nitrogens with zero attached hydrogens (tertiary/aromatic N) is 1. The molecule has 102 valence electrons. The summed E-state index contributed by atoms with van der Waals surface area (Å²) in [6.07, 6.45) is 3.67. The smallest absolute Gasteiger partial charge is 0.419 e. The fraction of sp³-hybridized carbons (Fsp3) is 0.429. The molecule has 5 heteroatoms.